The summed E-state index contributed by atoms with van der Waals surface area (Å²) in [6.45, 7) is 1.54. The number of ketones is 1. The van der Waals surface area contributed by atoms with Gasteiger partial charge in [0.1, 0.15) is 11.5 Å². The maximum absolute atomic E-state index is 11.7. The fraction of sp³-hybridized carbons (Fsp3) is 0.235. The lowest BCUT2D eigenvalue weighted by molar-refractivity contribution is 0.101. The van der Waals surface area contributed by atoms with E-state index in [1.54, 1.807) is 20.3 Å². The van der Waals surface area contributed by atoms with Gasteiger partial charge in [-0.3, -0.25) is 4.79 Å². The average Bonchev–Trinajstić information content (AvgIpc) is 2.47. The monoisotopic (exact) mass is 270 g/mol. The molecule has 3 heteroatoms. The summed E-state index contributed by atoms with van der Waals surface area (Å²) in [7, 11) is 3.20. The number of rotatable bonds is 5. The predicted molar refractivity (Wildman–Crippen MR) is 78.8 cm³/mol. The van der Waals surface area contributed by atoms with E-state index < -0.39 is 0 Å². The minimum Gasteiger partial charge on any atom is -0.496 e. The van der Waals surface area contributed by atoms with Gasteiger partial charge >= 0.3 is 0 Å². The molecular formula is C17H18O3. The highest BCUT2D eigenvalue weighted by Gasteiger charge is 2.17. The van der Waals surface area contributed by atoms with Gasteiger partial charge in [0, 0.05) is 12.0 Å². The normalized spacial score (nSPS) is 10.2. The minimum absolute atomic E-state index is 0.0150. The maximum Gasteiger partial charge on any atom is 0.163 e. The zero-order valence-electron chi connectivity index (χ0n) is 12.0. The molecule has 0 radical (unpaired) electrons. The Kier molecular flexibility index (Phi) is 4.41. The van der Waals surface area contributed by atoms with Gasteiger partial charge in [0.15, 0.2) is 5.78 Å². The molecule has 2 aromatic carbocycles. The highest BCUT2D eigenvalue weighted by molar-refractivity contribution is 5.97. The fourth-order valence-corrected chi connectivity index (χ4v) is 2.28. The smallest absolute Gasteiger partial charge is 0.163 e. The van der Waals surface area contributed by atoms with Crippen LogP contribution in [0.3, 0.4) is 0 Å². The first-order valence-corrected chi connectivity index (χ1v) is 6.46. The van der Waals surface area contributed by atoms with Crippen molar-refractivity contribution < 1.29 is 14.3 Å². The maximum atomic E-state index is 11.7. The van der Waals surface area contributed by atoms with Crippen molar-refractivity contribution in [2.24, 2.45) is 0 Å². The van der Waals surface area contributed by atoms with Crippen molar-refractivity contribution in [3.05, 3.63) is 59.2 Å². The van der Waals surface area contributed by atoms with Crippen LogP contribution in [0.4, 0.5) is 0 Å². The first-order valence-electron chi connectivity index (χ1n) is 6.46. The van der Waals surface area contributed by atoms with E-state index >= 15 is 0 Å². The lowest BCUT2D eigenvalue weighted by Gasteiger charge is -2.16. The number of carbonyl (C=O) groups is 1. The first kappa shape index (κ1) is 14.1. The summed E-state index contributed by atoms with van der Waals surface area (Å²) in [4.78, 5) is 11.7. The van der Waals surface area contributed by atoms with Crippen LogP contribution in [0, 0.1) is 0 Å². The standard InChI is InChI=1S/C17H18O3/c1-12(18)14-9-10-16(19-2)15(17(14)20-3)11-13-7-5-4-6-8-13/h4-10H,11H2,1-3H3. The van der Waals surface area contributed by atoms with Crippen LogP contribution in [-0.2, 0) is 6.42 Å². The molecule has 0 saturated carbocycles. The number of Topliss-reactive ketones (excluding diaryl/α,β-unsaturated/α-hetero) is 1. The molecule has 0 unspecified atom stereocenters. The molecule has 3 nitrogen and oxygen atoms in total. The summed E-state index contributed by atoms with van der Waals surface area (Å²) in [6, 6.07) is 13.6. The molecule has 0 spiro atoms. The fourth-order valence-electron chi connectivity index (χ4n) is 2.28. The van der Waals surface area contributed by atoms with Gasteiger partial charge in [0.25, 0.3) is 0 Å². The van der Waals surface area contributed by atoms with Gasteiger partial charge in [-0.25, -0.2) is 0 Å². The lowest BCUT2D eigenvalue weighted by atomic mass is 9.98. The van der Waals surface area contributed by atoms with Crippen molar-refractivity contribution in [2.45, 2.75) is 13.3 Å². The molecular weight excluding hydrogens is 252 g/mol. The van der Waals surface area contributed by atoms with E-state index in [2.05, 4.69) is 0 Å². The Morgan fingerprint density at radius 2 is 1.70 bits per heavy atom. The zero-order valence-corrected chi connectivity index (χ0v) is 12.0. The average molecular weight is 270 g/mol. The molecule has 2 rings (SSSR count). The Morgan fingerprint density at radius 1 is 1.00 bits per heavy atom. The highest BCUT2D eigenvalue weighted by Crippen LogP contribution is 2.34. The van der Waals surface area contributed by atoms with Crippen LogP contribution in [0.15, 0.2) is 42.5 Å². The third kappa shape index (κ3) is 2.82. The van der Waals surface area contributed by atoms with Gasteiger partial charge in [0.2, 0.25) is 0 Å². The summed E-state index contributed by atoms with van der Waals surface area (Å²) in [5, 5.41) is 0. The Balaban J connectivity index is 2.53. The van der Waals surface area contributed by atoms with Crippen LogP contribution in [-0.4, -0.2) is 20.0 Å². The molecule has 0 amide bonds. The van der Waals surface area contributed by atoms with Gasteiger partial charge in [-0.2, -0.15) is 0 Å². The summed E-state index contributed by atoms with van der Waals surface area (Å²) >= 11 is 0. The minimum atomic E-state index is -0.0150. The molecule has 0 heterocycles. The second-order valence-corrected chi connectivity index (χ2v) is 4.55. The summed E-state index contributed by atoms with van der Waals surface area (Å²) in [5.41, 5.74) is 2.62. The van der Waals surface area contributed by atoms with E-state index in [4.69, 9.17) is 9.47 Å². The van der Waals surface area contributed by atoms with Gasteiger partial charge in [-0.05, 0) is 24.6 Å². The molecule has 2 aromatic rings. The quantitative estimate of drug-likeness (QED) is 0.780. The van der Waals surface area contributed by atoms with Crippen LogP contribution in [0.25, 0.3) is 0 Å². The third-order valence-corrected chi connectivity index (χ3v) is 3.24. The Bertz CT molecular complexity index is 603. The van der Waals surface area contributed by atoms with Gasteiger partial charge < -0.3 is 9.47 Å². The van der Waals surface area contributed by atoms with Crippen LogP contribution in [0.2, 0.25) is 0 Å². The van der Waals surface area contributed by atoms with Crippen molar-refractivity contribution in [3.8, 4) is 11.5 Å². The first-order chi connectivity index (χ1) is 9.67. The Hall–Kier alpha value is -2.29. The van der Waals surface area contributed by atoms with E-state index in [0.29, 0.717) is 17.7 Å². The van der Waals surface area contributed by atoms with Crippen molar-refractivity contribution in [1.82, 2.24) is 0 Å². The van der Waals surface area contributed by atoms with E-state index in [1.165, 1.54) is 6.92 Å². The number of carbonyl (C=O) groups excluding carboxylic acids is 1. The lowest BCUT2D eigenvalue weighted by Crippen LogP contribution is -2.04. The summed E-state index contributed by atoms with van der Waals surface area (Å²) < 4.78 is 10.9. The molecule has 104 valence electrons. The topological polar surface area (TPSA) is 35.5 Å². The molecule has 20 heavy (non-hydrogen) atoms. The van der Waals surface area contributed by atoms with Crippen molar-refractivity contribution in [2.75, 3.05) is 14.2 Å². The zero-order chi connectivity index (χ0) is 14.5. The Morgan fingerprint density at radius 3 is 2.25 bits per heavy atom. The van der Waals surface area contributed by atoms with E-state index in [-0.39, 0.29) is 5.78 Å². The highest BCUT2D eigenvalue weighted by atomic mass is 16.5. The van der Waals surface area contributed by atoms with Gasteiger partial charge in [-0.1, -0.05) is 30.3 Å². The van der Waals surface area contributed by atoms with Crippen LogP contribution in [0.1, 0.15) is 28.4 Å². The molecule has 0 aliphatic rings. The number of hydrogen-bond acceptors (Lipinski definition) is 3. The number of hydrogen-bond donors (Lipinski definition) is 0. The van der Waals surface area contributed by atoms with Gasteiger partial charge in [-0.15, -0.1) is 0 Å². The van der Waals surface area contributed by atoms with Crippen LogP contribution >= 0.6 is 0 Å². The predicted octanol–water partition coefficient (Wildman–Crippen LogP) is 3.50. The van der Waals surface area contributed by atoms with E-state index in [0.717, 1.165) is 16.9 Å². The molecule has 0 N–H and O–H groups in total. The number of ether oxygens (including phenoxy) is 2. The summed E-state index contributed by atoms with van der Waals surface area (Å²) in [6.07, 6.45) is 0.661. The largest absolute Gasteiger partial charge is 0.496 e. The molecule has 0 aliphatic heterocycles. The van der Waals surface area contributed by atoms with E-state index in [9.17, 15) is 4.79 Å². The number of methoxy groups -OCH3 is 2. The Labute approximate surface area is 119 Å². The van der Waals surface area contributed by atoms with Crippen molar-refractivity contribution >= 4 is 5.78 Å². The van der Waals surface area contributed by atoms with Crippen LogP contribution in [0.5, 0.6) is 11.5 Å². The van der Waals surface area contributed by atoms with Crippen molar-refractivity contribution in [1.29, 1.82) is 0 Å². The molecule has 0 fully saturated rings. The molecule has 0 atom stereocenters. The SMILES string of the molecule is COc1ccc(C(C)=O)c(OC)c1Cc1ccccc1. The second-order valence-electron chi connectivity index (χ2n) is 4.55. The van der Waals surface area contributed by atoms with E-state index in [1.807, 2.05) is 36.4 Å². The van der Waals surface area contributed by atoms with Crippen LogP contribution < -0.4 is 9.47 Å². The van der Waals surface area contributed by atoms with Gasteiger partial charge in [0.05, 0.1) is 19.8 Å². The summed E-state index contributed by atoms with van der Waals surface area (Å²) in [5.74, 6) is 1.32. The second kappa shape index (κ2) is 6.24. The molecule has 0 aromatic heterocycles. The molecule has 0 aliphatic carbocycles. The molecule has 0 saturated heterocycles. The molecule has 0 bridgehead atoms. The third-order valence-electron chi connectivity index (χ3n) is 3.24. The van der Waals surface area contributed by atoms with Crippen molar-refractivity contribution in [3.63, 3.8) is 0 Å². The number of benzene rings is 2.